The van der Waals surface area contributed by atoms with Crippen LogP contribution in [0.15, 0.2) is 22.7 Å². The van der Waals surface area contributed by atoms with Gasteiger partial charge in [0.1, 0.15) is 11.5 Å². The molecule has 96 valence electrons. The Labute approximate surface area is 119 Å². The van der Waals surface area contributed by atoms with Crippen molar-refractivity contribution in [2.24, 2.45) is 0 Å². The van der Waals surface area contributed by atoms with Crippen molar-refractivity contribution in [2.45, 2.75) is 19.8 Å². The molecule has 0 amide bonds. The van der Waals surface area contributed by atoms with Crippen LogP contribution in [0.3, 0.4) is 0 Å². The molecular weight excluding hydrogens is 316 g/mol. The zero-order valence-electron chi connectivity index (χ0n) is 9.95. The normalized spacial score (nSPS) is 10.8. The van der Waals surface area contributed by atoms with Gasteiger partial charge in [-0.1, -0.05) is 24.6 Å². The van der Waals surface area contributed by atoms with E-state index >= 15 is 0 Å². The van der Waals surface area contributed by atoms with Crippen LogP contribution < -0.4 is 11.6 Å². The smallest absolute Gasteiger partial charge is 0.150 e. The molecule has 0 fully saturated rings. The van der Waals surface area contributed by atoms with Crippen LogP contribution in [0.2, 0.25) is 5.02 Å². The predicted octanol–water partition coefficient (Wildman–Crippen LogP) is 3.21. The summed E-state index contributed by atoms with van der Waals surface area (Å²) in [6.07, 6.45) is 1.76. The molecule has 0 radical (unpaired) electrons. The molecule has 0 unspecified atom stereocenters. The molecule has 0 aliphatic heterocycles. The molecule has 18 heavy (non-hydrogen) atoms. The van der Waals surface area contributed by atoms with Crippen molar-refractivity contribution in [1.82, 2.24) is 9.66 Å². The van der Waals surface area contributed by atoms with E-state index in [1.165, 1.54) is 4.68 Å². The third kappa shape index (κ3) is 2.33. The zero-order valence-corrected chi connectivity index (χ0v) is 12.3. The SMILES string of the molecule is CCCc1nc(-c2ccc(Br)c(Cl)c2)c(N)n1N. The van der Waals surface area contributed by atoms with Gasteiger partial charge in [0, 0.05) is 16.5 Å². The van der Waals surface area contributed by atoms with E-state index in [4.69, 9.17) is 23.2 Å². The Bertz CT molecular complexity index is 580. The van der Waals surface area contributed by atoms with Crippen molar-refractivity contribution in [3.05, 3.63) is 33.5 Å². The van der Waals surface area contributed by atoms with Crippen molar-refractivity contribution < 1.29 is 0 Å². The standard InChI is InChI=1S/C12H14BrClN4/c1-2-3-10-17-11(12(15)18(10)16)7-4-5-8(13)9(14)6-7/h4-6H,2-3,15-16H2,1H3. The maximum atomic E-state index is 6.07. The highest BCUT2D eigenvalue weighted by Gasteiger charge is 2.14. The number of aromatic nitrogens is 2. The first-order valence-electron chi connectivity index (χ1n) is 5.62. The second kappa shape index (κ2) is 5.20. The highest BCUT2D eigenvalue weighted by atomic mass is 79.9. The van der Waals surface area contributed by atoms with Gasteiger partial charge in [0.2, 0.25) is 0 Å². The summed E-state index contributed by atoms with van der Waals surface area (Å²) in [5.74, 6) is 7.12. The minimum absolute atomic E-state index is 0.455. The summed E-state index contributed by atoms with van der Waals surface area (Å²) in [5.41, 5.74) is 7.51. The van der Waals surface area contributed by atoms with Gasteiger partial charge in [-0.2, -0.15) is 0 Å². The number of hydrogen-bond acceptors (Lipinski definition) is 3. The van der Waals surface area contributed by atoms with Gasteiger partial charge in [0.15, 0.2) is 5.82 Å². The Kier molecular flexibility index (Phi) is 3.82. The maximum Gasteiger partial charge on any atom is 0.150 e. The first kappa shape index (κ1) is 13.2. The van der Waals surface area contributed by atoms with Gasteiger partial charge in [-0.25, -0.2) is 9.66 Å². The van der Waals surface area contributed by atoms with Crippen molar-refractivity contribution in [1.29, 1.82) is 0 Å². The van der Waals surface area contributed by atoms with Crippen LogP contribution in [0.25, 0.3) is 11.3 Å². The van der Waals surface area contributed by atoms with Crippen molar-refractivity contribution in [2.75, 3.05) is 11.6 Å². The maximum absolute atomic E-state index is 6.07. The molecule has 0 aliphatic carbocycles. The number of rotatable bonds is 3. The van der Waals surface area contributed by atoms with Crippen LogP contribution in [-0.2, 0) is 6.42 Å². The van der Waals surface area contributed by atoms with E-state index < -0.39 is 0 Å². The van der Waals surface area contributed by atoms with Gasteiger partial charge in [-0.15, -0.1) is 0 Å². The number of nitrogens with zero attached hydrogens (tertiary/aromatic N) is 2. The number of anilines is 1. The molecule has 4 nitrogen and oxygen atoms in total. The number of aryl methyl sites for hydroxylation is 1. The van der Waals surface area contributed by atoms with Gasteiger partial charge >= 0.3 is 0 Å². The van der Waals surface area contributed by atoms with Gasteiger partial charge in [0.25, 0.3) is 0 Å². The molecule has 4 N–H and O–H groups in total. The average Bonchev–Trinajstić information content (AvgIpc) is 2.62. The first-order chi connectivity index (χ1) is 8.54. The van der Waals surface area contributed by atoms with E-state index in [-0.39, 0.29) is 0 Å². The summed E-state index contributed by atoms with van der Waals surface area (Å²) in [7, 11) is 0. The van der Waals surface area contributed by atoms with Gasteiger partial charge in [0.05, 0.1) is 5.02 Å². The number of nitrogens with two attached hydrogens (primary N) is 2. The lowest BCUT2D eigenvalue weighted by molar-refractivity contribution is 0.794. The molecule has 0 bridgehead atoms. The second-order valence-corrected chi connectivity index (χ2v) is 5.27. The number of hydrogen-bond donors (Lipinski definition) is 2. The quantitative estimate of drug-likeness (QED) is 0.849. The number of halogens is 2. The molecule has 1 heterocycles. The number of nitrogen functional groups attached to an aromatic ring is 2. The zero-order chi connectivity index (χ0) is 13.3. The highest BCUT2D eigenvalue weighted by Crippen LogP contribution is 2.31. The van der Waals surface area contributed by atoms with Crippen LogP contribution in [0.4, 0.5) is 5.82 Å². The molecule has 2 aromatic rings. The summed E-state index contributed by atoms with van der Waals surface area (Å²) in [4.78, 5) is 4.48. The lowest BCUT2D eigenvalue weighted by Gasteiger charge is -2.02. The van der Waals surface area contributed by atoms with E-state index in [0.29, 0.717) is 16.5 Å². The Hall–Kier alpha value is -1.20. The first-order valence-corrected chi connectivity index (χ1v) is 6.79. The topological polar surface area (TPSA) is 69.9 Å². The lowest BCUT2D eigenvalue weighted by atomic mass is 10.1. The fourth-order valence-electron chi connectivity index (χ4n) is 1.75. The Morgan fingerprint density at radius 3 is 2.78 bits per heavy atom. The van der Waals surface area contributed by atoms with Crippen LogP contribution in [0.1, 0.15) is 19.2 Å². The number of benzene rings is 1. The molecule has 1 aromatic carbocycles. The molecule has 0 aliphatic rings. The van der Waals surface area contributed by atoms with Gasteiger partial charge < -0.3 is 11.6 Å². The molecule has 0 saturated heterocycles. The fraction of sp³-hybridized carbons (Fsp3) is 0.250. The summed E-state index contributed by atoms with van der Waals surface area (Å²) in [6.45, 7) is 2.07. The minimum atomic E-state index is 0.455. The van der Waals surface area contributed by atoms with E-state index in [1.54, 1.807) is 0 Å². The van der Waals surface area contributed by atoms with Gasteiger partial charge in [-0.05, 0) is 34.5 Å². The highest BCUT2D eigenvalue weighted by molar-refractivity contribution is 9.10. The molecule has 0 spiro atoms. The average molecular weight is 330 g/mol. The third-order valence-electron chi connectivity index (χ3n) is 2.69. The van der Waals surface area contributed by atoms with Gasteiger partial charge in [-0.3, -0.25) is 0 Å². The molecule has 2 rings (SSSR count). The Morgan fingerprint density at radius 1 is 1.44 bits per heavy atom. The summed E-state index contributed by atoms with van der Waals surface area (Å²) >= 11 is 9.42. The third-order valence-corrected chi connectivity index (χ3v) is 3.92. The van der Waals surface area contributed by atoms with Crippen LogP contribution in [0.5, 0.6) is 0 Å². The van der Waals surface area contributed by atoms with Crippen LogP contribution >= 0.6 is 27.5 Å². The summed E-state index contributed by atoms with van der Waals surface area (Å²) < 4.78 is 2.28. The minimum Gasteiger partial charge on any atom is -0.382 e. The van der Waals surface area contributed by atoms with Crippen LogP contribution in [0, 0.1) is 0 Å². The van der Waals surface area contributed by atoms with E-state index in [0.717, 1.165) is 28.7 Å². The lowest BCUT2D eigenvalue weighted by Crippen LogP contribution is -2.15. The molecule has 1 aromatic heterocycles. The molecule has 6 heteroatoms. The molecular formula is C12H14BrClN4. The van der Waals surface area contributed by atoms with Crippen molar-refractivity contribution >= 4 is 33.3 Å². The summed E-state index contributed by atoms with van der Waals surface area (Å²) in [5, 5.41) is 0.621. The van der Waals surface area contributed by atoms with Crippen molar-refractivity contribution in [3.63, 3.8) is 0 Å². The Morgan fingerprint density at radius 2 is 2.17 bits per heavy atom. The van der Waals surface area contributed by atoms with E-state index in [9.17, 15) is 0 Å². The molecule has 0 saturated carbocycles. The fourth-order valence-corrected chi connectivity index (χ4v) is 2.18. The molecule has 0 atom stereocenters. The monoisotopic (exact) mass is 328 g/mol. The predicted molar refractivity (Wildman–Crippen MR) is 78.9 cm³/mol. The Balaban J connectivity index is 2.50. The largest absolute Gasteiger partial charge is 0.382 e. The van der Waals surface area contributed by atoms with Crippen LogP contribution in [-0.4, -0.2) is 9.66 Å². The second-order valence-electron chi connectivity index (χ2n) is 4.01. The van der Waals surface area contributed by atoms with E-state index in [1.807, 2.05) is 18.2 Å². The summed E-state index contributed by atoms with van der Waals surface area (Å²) in [6, 6.07) is 5.59. The van der Waals surface area contributed by atoms with E-state index in [2.05, 4.69) is 27.8 Å². The number of imidazole rings is 1. The van der Waals surface area contributed by atoms with Crippen molar-refractivity contribution in [3.8, 4) is 11.3 Å².